The van der Waals surface area contributed by atoms with Crippen LogP contribution in [-0.2, 0) is 17.8 Å². The normalized spacial score (nSPS) is 10.9. The Balaban J connectivity index is 2.60. The van der Waals surface area contributed by atoms with Gasteiger partial charge in [-0.05, 0) is 25.5 Å². The zero-order valence-electron chi connectivity index (χ0n) is 11.0. The van der Waals surface area contributed by atoms with Gasteiger partial charge in [0.25, 0.3) is 0 Å². The quantitative estimate of drug-likeness (QED) is 0.664. The molecule has 0 aliphatic rings. The third-order valence-corrected chi connectivity index (χ3v) is 4.20. The summed E-state index contributed by atoms with van der Waals surface area (Å²) in [7, 11) is 0. The molecule has 2 aromatic rings. The first-order valence-corrected chi connectivity index (χ1v) is 7.00. The molecule has 0 fully saturated rings. The van der Waals surface area contributed by atoms with Gasteiger partial charge in [-0.25, -0.2) is 0 Å². The van der Waals surface area contributed by atoms with E-state index in [-0.39, 0.29) is 0 Å². The van der Waals surface area contributed by atoms with Gasteiger partial charge in [0.15, 0.2) is 0 Å². The first kappa shape index (κ1) is 14.2. The van der Waals surface area contributed by atoms with Gasteiger partial charge in [-0.2, -0.15) is 0 Å². The van der Waals surface area contributed by atoms with E-state index in [1.165, 1.54) is 11.3 Å². The molecule has 0 spiro atoms. The molecule has 0 bridgehead atoms. The van der Waals surface area contributed by atoms with E-state index in [4.69, 9.17) is 23.2 Å². The number of aromatic nitrogens is 1. The number of amides is 1. The number of nitrogens with zero attached hydrogens (tertiary/aromatic N) is 1. The minimum atomic E-state index is 0.568. The van der Waals surface area contributed by atoms with Gasteiger partial charge in [0.2, 0.25) is 6.41 Å². The van der Waals surface area contributed by atoms with Gasteiger partial charge in [0.1, 0.15) is 0 Å². The van der Waals surface area contributed by atoms with E-state index in [0.717, 1.165) is 30.3 Å². The Morgan fingerprint density at radius 1 is 1.37 bits per heavy atom. The summed E-state index contributed by atoms with van der Waals surface area (Å²) in [6.45, 7) is 5.59. The van der Waals surface area contributed by atoms with Crippen molar-refractivity contribution < 1.29 is 4.79 Å². The highest BCUT2D eigenvalue weighted by molar-refractivity contribution is 6.45. The third kappa shape index (κ3) is 2.45. The number of nitrogens with one attached hydrogen (secondary N) is 1. The van der Waals surface area contributed by atoms with Gasteiger partial charge in [-0.3, -0.25) is 4.79 Å². The molecule has 0 saturated carbocycles. The summed E-state index contributed by atoms with van der Waals surface area (Å²) in [5, 5.41) is 4.98. The molecule has 0 atom stereocenters. The Bertz CT molecular complexity index is 620. The third-order valence-electron chi connectivity index (χ3n) is 3.41. The summed E-state index contributed by atoms with van der Waals surface area (Å²) in [6.07, 6.45) is 1.50. The fourth-order valence-corrected chi connectivity index (χ4v) is 2.94. The summed E-state index contributed by atoms with van der Waals surface area (Å²) in [5.41, 5.74) is 3.37. The highest BCUT2D eigenvalue weighted by atomic mass is 35.5. The number of halogens is 2. The molecule has 3 nitrogen and oxygen atoms in total. The number of hydrogen-bond donors (Lipinski definition) is 1. The van der Waals surface area contributed by atoms with Gasteiger partial charge in [0, 0.05) is 30.6 Å². The lowest BCUT2D eigenvalue weighted by Gasteiger charge is -2.09. The van der Waals surface area contributed by atoms with Crippen LogP contribution >= 0.6 is 23.2 Å². The van der Waals surface area contributed by atoms with Crippen LogP contribution in [0.5, 0.6) is 0 Å². The molecule has 2 rings (SSSR count). The van der Waals surface area contributed by atoms with Crippen molar-refractivity contribution in [2.45, 2.75) is 26.8 Å². The zero-order chi connectivity index (χ0) is 14.0. The van der Waals surface area contributed by atoms with Gasteiger partial charge in [-0.15, -0.1) is 0 Å². The molecular formula is C14H16Cl2N2O. The molecule has 1 heterocycles. The van der Waals surface area contributed by atoms with Crippen molar-refractivity contribution in [1.82, 2.24) is 9.88 Å². The lowest BCUT2D eigenvalue weighted by molar-refractivity contribution is -0.109. The first-order valence-electron chi connectivity index (χ1n) is 6.24. The van der Waals surface area contributed by atoms with E-state index >= 15 is 0 Å². The van der Waals surface area contributed by atoms with E-state index in [1.807, 2.05) is 12.1 Å². The Hall–Kier alpha value is -1.19. The van der Waals surface area contributed by atoms with Gasteiger partial charge in [-0.1, -0.05) is 29.3 Å². The fourth-order valence-electron chi connectivity index (χ4n) is 2.52. The summed E-state index contributed by atoms with van der Waals surface area (Å²) in [5.74, 6) is 0. The first-order chi connectivity index (χ1) is 9.11. The van der Waals surface area contributed by atoms with Crippen LogP contribution in [0.15, 0.2) is 12.1 Å². The number of hydrogen-bond acceptors (Lipinski definition) is 1. The smallest absolute Gasteiger partial charge is 0.207 e. The molecule has 0 saturated heterocycles. The minimum Gasteiger partial charge on any atom is -0.358 e. The van der Waals surface area contributed by atoms with E-state index in [1.54, 1.807) is 0 Å². The summed E-state index contributed by atoms with van der Waals surface area (Å²) in [6, 6.07) is 3.83. The molecule has 1 N–H and O–H groups in total. The van der Waals surface area contributed by atoms with Crippen molar-refractivity contribution in [2.75, 3.05) is 6.54 Å². The summed E-state index contributed by atoms with van der Waals surface area (Å²) in [4.78, 5) is 10.3. The van der Waals surface area contributed by atoms with Crippen LogP contribution in [0.2, 0.25) is 10.0 Å². The lowest BCUT2D eigenvalue weighted by atomic mass is 10.1. The Labute approximate surface area is 122 Å². The van der Waals surface area contributed by atoms with E-state index in [0.29, 0.717) is 16.6 Å². The van der Waals surface area contributed by atoms with E-state index in [9.17, 15) is 4.79 Å². The van der Waals surface area contributed by atoms with E-state index in [2.05, 4.69) is 23.7 Å². The molecule has 0 unspecified atom stereocenters. The average Bonchev–Trinajstić information content (AvgIpc) is 2.68. The second-order valence-electron chi connectivity index (χ2n) is 4.40. The number of carbonyl (C=O) groups excluding carboxylic acids is 1. The molecule has 102 valence electrons. The van der Waals surface area contributed by atoms with Crippen LogP contribution < -0.4 is 5.32 Å². The SMILES string of the molecule is CCn1c(CCNC=O)c(C)c2ccc(Cl)c(Cl)c21. The van der Waals surface area contributed by atoms with Crippen LogP contribution in [0.1, 0.15) is 18.2 Å². The number of benzene rings is 1. The molecule has 5 heteroatoms. The second-order valence-corrected chi connectivity index (χ2v) is 5.18. The van der Waals surface area contributed by atoms with Crippen molar-refractivity contribution in [1.29, 1.82) is 0 Å². The Morgan fingerprint density at radius 2 is 2.11 bits per heavy atom. The molecule has 19 heavy (non-hydrogen) atoms. The number of aryl methyl sites for hydroxylation is 2. The lowest BCUT2D eigenvalue weighted by Crippen LogP contribution is -2.16. The van der Waals surface area contributed by atoms with Crippen molar-refractivity contribution >= 4 is 40.5 Å². The highest BCUT2D eigenvalue weighted by Gasteiger charge is 2.16. The Morgan fingerprint density at radius 3 is 2.74 bits per heavy atom. The zero-order valence-corrected chi connectivity index (χ0v) is 12.5. The minimum absolute atomic E-state index is 0.568. The molecule has 0 radical (unpaired) electrons. The maximum atomic E-state index is 10.3. The maximum Gasteiger partial charge on any atom is 0.207 e. The van der Waals surface area contributed by atoms with Crippen molar-refractivity contribution in [3.05, 3.63) is 33.4 Å². The molecule has 1 aromatic heterocycles. The fraction of sp³-hybridized carbons (Fsp3) is 0.357. The number of fused-ring (bicyclic) bond motifs is 1. The van der Waals surface area contributed by atoms with Crippen LogP contribution in [0.25, 0.3) is 10.9 Å². The van der Waals surface area contributed by atoms with Crippen LogP contribution in [-0.4, -0.2) is 17.5 Å². The summed E-state index contributed by atoms with van der Waals surface area (Å²) >= 11 is 12.4. The standard InChI is InChI=1S/C14H16Cl2N2O/c1-3-18-12(6-7-17-8-19)9(2)10-4-5-11(15)13(16)14(10)18/h4-5,8H,3,6-7H2,1-2H3,(H,17,19). The molecular weight excluding hydrogens is 283 g/mol. The molecule has 0 aliphatic heterocycles. The number of carbonyl (C=O) groups is 1. The topological polar surface area (TPSA) is 34.0 Å². The second kappa shape index (κ2) is 5.85. The molecule has 0 aliphatic carbocycles. The van der Waals surface area contributed by atoms with Crippen LogP contribution in [0.4, 0.5) is 0 Å². The monoisotopic (exact) mass is 298 g/mol. The van der Waals surface area contributed by atoms with Gasteiger partial charge in [0.05, 0.1) is 15.6 Å². The predicted octanol–water partition coefficient (Wildman–Crippen LogP) is 3.56. The van der Waals surface area contributed by atoms with E-state index < -0.39 is 0 Å². The van der Waals surface area contributed by atoms with Crippen molar-refractivity contribution in [3.63, 3.8) is 0 Å². The van der Waals surface area contributed by atoms with Crippen LogP contribution in [0, 0.1) is 6.92 Å². The molecule has 1 amide bonds. The summed E-state index contributed by atoms with van der Waals surface area (Å²) < 4.78 is 2.17. The largest absolute Gasteiger partial charge is 0.358 e. The maximum absolute atomic E-state index is 10.3. The van der Waals surface area contributed by atoms with Gasteiger partial charge >= 0.3 is 0 Å². The van der Waals surface area contributed by atoms with Gasteiger partial charge < -0.3 is 9.88 Å². The van der Waals surface area contributed by atoms with Crippen molar-refractivity contribution in [3.8, 4) is 0 Å². The van der Waals surface area contributed by atoms with Crippen LogP contribution in [0.3, 0.4) is 0 Å². The Kier molecular flexibility index (Phi) is 4.38. The molecule has 1 aromatic carbocycles. The predicted molar refractivity (Wildman–Crippen MR) is 80.1 cm³/mol. The average molecular weight is 299 g/mol. The number of rotatable bonds is 5. The van der Waals surface area contributed by atoms with Crippen molar-refractivity contribution in [2.24, 2.45) is 0 Å². The highest BCUT2D eigenvalue weighted by Crippen LogP contribution is 2.35.